The normalized spacial score (nSPS) is 11.6. The number of anilines is 1. The van der Waals surface area contributed by atoms with Gasteiger partial charge in [0, 0.05) is 0 Å². The van der Waals surface area contributed by atoms with Crippen LogP contribution in [0.15, 0.2) is 27.2 Å². The van der Waals surface area contributed by atoms with Crippen molar-refractivity contribution in [3.05, 3.63) is 23.4 Å². The summed E-state index contributed by atoms with van der Waals surface area (Å²) in [4.78, 5) is 0. The summed E-state index contributed by atoms with van der Waals surface area (Å²) < 4.78 is 30.5. The van der Waals surface area contributed by atoms with Crippen LogP contribution >= 0.6 is 11.3 Å². The standard InChI is InChI=1S/C7H7N3O4S2/c11-3-5-1-2-6(14-5)16(12,13)10-7-9-8-4-15-7/h1-2,4,11H,3H2,(H,9,10). The van der Waals surface area contributed by atoms with Crippen molar-refractivity contribution < 1.29 is 17.9 Å². The topological polar surface area (TPSA) is 105 Å². The van der Waals surface area contributed by atoms with Crippen molar-refractivity contribution in [3.63, 3.8) is 0 Å². The van der Waals surface area contributed by atoms with Crippen molar-refractivity contribution in [2.75, 3.05) is 4.72 Å². The Kier molecular flexibility index (Phi) is 2.90. The van der Waals surface area contributed by atoms with Gasteiger partial charge in [-0.3, -0.25) is 4.72 Å². The molecule has 0 saturated heterocycles. The summed E-state index contributed by atoms with van der Waals surface area (Å²) in [5.41, 5.74) is 1.40. The van der Waals surface area contributed by atoms with Gasteiger partial charge >= 0.3 is 0 Å². The van der Waals surface area contributed by atoms with E-state index >= 15 is 0 Å². The van der Waals surface area contributed by atoms with Crippen LogP contribution in [-0.4, -0.2) is 23.7 Å². The maximum Gasteiger partial charge on any atom is 0.297 e. The minimum Gasteiger partial charge on any atom is -0.445 e. The van der Waals surface area contributed by atoms with Crippen LogP contribution in [0.3, 0.4) is 0 Å². The van der Waals surface area contributed by atoms with E-state index in [1.165, 1.54) is 17.6 Å². The van der Waals surface area contributed by atoms with Crippen LogP contribution in [0, 0.1) is 0 Å². The molecule has 0 aromatic carbocycles. The summed E-state index contributed by atoms with van der Waals surface area (Å²) in [5.74, 6) is 0.178. The highest BCUT2D eigenvalue weighted by atomic mass is 32.2. The molecular weight excluding hydrogens is 254 g/mol. The number of aliphatic hydroxyl groups excluding tert-OH is 1. The number of sulfonamides is 1. The molecule has 0 saturated carbocycles. The van der Waals surface area contributed by atoms with E-state index in [-0.39, 0.29) is 22.6 Å². The van der Waals surface area contributed by atoms with Crippen molar-refractivity contribution in [1.82, 2.24) is 10.2 Å². The second-order valence-corrected chi connectivity index (χ2v) is 5.17. The third kappa shape index (κ3) is 2.21. The molecule has 0 amide bonds. The lowest BCUT2D eigenvalue weighted by Crippen LogP contribution is -2.11. The maximum atomic E-state index is 11.7. The predicted octanol–water partition coefficient (Wildman–Crippen LogP) is 0.424. The van der Waals surface area contributed by atoms with E-state index in [2.05, 4.69) is 14.9 Å². The summed E-state index contributed by atoms with van der Waals surface area (Å²) in [7, 11) is -3.79. The molecule has 0 bridgehead atoms. The molecule has 0 unspecified atom stereocenters. The van der Waals surface area contributed by atoms with Gasteiger partial charge in [-0.2, -0.15) is 8.42 Å². The molecule has 0 fully saturated rings. The molecule has 0 aliphatic rings. The molecule has 7 nitrogen and oxygen atoms in total. The Balaban J connectivity index is 2.25. The first-order valence-electron chi connectivity index (χ1n) is 4.10. The van der Waals surface area contributed by atoms with Gasteiger partial charge in [0.15, 0.2) is 0 Å². The Labute approximate surface area is 94.8 Å². The average molecular weight is 261 g/mol. The molecule has 9 heteroatoms. The monoisotopic (exact) mass is 261 g/mol. The van der Waals surface area contributed by atoms with E-state index in [1.807, 2.05) is 0 Å². The third-order valence-electron chi connectivity index (χ3n) is 1.64. The quantitative estimate of drug-likeness (QED) is 0.826. The molecule has 2 aromatic rings. The number of furan rings is 1. The first-order valence-corrected chi connectivity index (χ1v) is 6.46. The molecule has 0 radical (unpaired) electrons. The van der Waals surface area contributed by atoms with Crippen LogP contribution in [-0.2, 0) is 16.6 Å². The first-order chi connectivity index (χ1) is 7.62. The zero-order valence-electron chi connectivity index (χ0n) is 7.82. The van der Waals surface area contributed by atoms with Gasteiger partial charge in [-0.15, -0.1) is 10.2 Å². The molecule has 0 spiro atoms. The summed E-state index contributed by atoms with van der Waals surface area (Å²) in [6.45, 7) is -0.353. The minimum atomic E-state index is -3.79. The van der Waals surface area contributed by atoms with E-state index in [0.29, 0.717) is 0 Å². The summed E-state index contributed by atoms with van der Waals surface area (Å²) in [5, 5.41) is 15.7. The van der Waals surface area contributed by atoms with Crippen molar-refractivity contribution >= 4 is 26.5 Å². The highest BCUT2D eigenvalue weighted by Crippen LogP contribution is 2.18. The van der Waals surface area contributed by atoms with E-state index < -0.39 is 10.0 Å². The second-order valence-electron chi connectivity index (χ2n) is 2.73. The van der Waals surface area contributed by atoms with Gasteiger partial charge in [0.2, 0.25) is 10.2 Å². The molecule has 2 N–H and O–H groups in total. The Morgan fingerprint density at radius 3 is 2.88 bits per heavy atom. The van der Waals surface area contributed by atoms with E-state index in [0.717, 1.165) is 11.3 Å². The number of hydrogen-bond acceptors (Lipinski definition) is 7. The zero-order chi connectivity index (χ0) is 11.6. The predicted molar refractivity (Wildman–Crippen MR) is 55.3 cm³/mol. The minimum absolute atomic E-state index is 0.155. The molecule has 16 heavy (non-hydrogen) atoms. The van der Waals surface area contributed by atoms with Crippen LogP contribution in [0.1, 0.15) is 5.76 Å². The molecule has 2 rings (SSSR count). The van der Waals surface area contributed by atoms with Gasteiger partial charge in [-0.25, -0.2) is 0 Å². The number of nitrogens with zero attached hydrogens (tertiary/aromatic N) is 2. The van der Waals surface area contributed by atoms with E-state index in [9.17, 15) is 8.42 Å². The third-order valence-corrected chi connectivity index (χ3v) is 3.59. The van der Waals surface area contributed by atoms with Crippen molar-refractivity contribution in [1.29, 1.82) is 0 Å². The Hall–Kier alpha value is -1.45. The fourth-order valence-electron chi connectivity index (χ4n) is 0.970. The van der Waals surface area contributed by atoms with Crippen LogP contribution < -0.4 is 4.72 Å². The molecule has 0 atom stereocenters. The Morgan fingerprint density at radius 2 is 2.31 bits per heavy atom. The van der Waals surface area contributed by atoms with Crippen molar-refractivity contribution in [2.45, 2.75) is 11.7 Å². The fourth-order valence-corrected chi connectivity index (χ4v) is 2.62. The number of aliphatic hydroxyl groups is 1. The molecule has 2 heterocycles. The van der Waals surface area contributed by atoms with Gasteiger partial charge in [-0.05, 0) is 12.1 Å². The van der Waals surface area contributed by atoms with Crippen LogP contribution in [0.25, 0.3) is 0 Å². The maximum absolute atomic E-state index is 11.7. The summed E-state index contributed by atoms with van der Waals surface area (Å²) in [6.07, 6.45) is 0. The molecule has 0 aliphatic heterocycles. The van der Waals surface area contributed by atoms with Crippen LogP contribution in [0.2, 0.25) is 0 Å². The van der Waals surface area contributed by atoms with Crippen molar-refractivity contribution in [2.24, 2.45) is 0 Å². The summed E-state index contributed by atoms with van der Waals surface area (Å²) in [6, 6.07) is 2.64. The van der Waals surface area contributed by atoms with Gasteiger partial charge < -0.3 is 9.52 Å². The first kappa shape index (κ1) is 11.0. The average Bonchev–Trinajstić information content (AvgIpc) is 2.85. The van der Waals surface area contributed by atoms with Crippen LogP contribution in [0.4, 0.5) is 5.13 Å². The Morgan fingerprint density at radius 1 is 1.50 bits per heavy atom. The van der Waals surface area contributed by atoms with Crippen molar-refractivity contribution in [3.8, 4) is 0 Å². The summed E-state index contributed by atoms with van der Waals surface area (Å²) >= 11 is 1.05. The SMILES string of the molecule is O=S(=O)(Nc1nncs1)c1ccc(CO)o1. The van der Waals surface area contributed by atoms with Gasteiger partial charge in [0.05, 0.1) is 0 Å². The smallest absolute Gasteiger partial charge is 0.297 e. The van der Waals surface area contributed by atoms with Gasteiger partial charge in [0.25, 0.3) is 10.0 Å². The molecular formula is C7H7N3O4S2. The Bertz CT molecular complexity index is 560. The molecule has 86 valence electrons. The van der Waals surface area contributed by atoms with Gasteiger partial charge in [0.1, 0.15) is 17.9 Å². The molecule has 2 aromatic heterocycles. The second kappa shape index (κ2) is 4.20. The number of nitrogens with one attached hydrogen (secondary N) is 1. The number of hydrogen-bond donors (Lipinski definition) is 2. The van der Waals surface area contributed by atoms with E-state index in [4.69, 9.17) is 9.52 Å². The van der Waals surface area contributed by atoms with Crippen LogP contribution in [0.5, 0.6) is 0 Å². The highest BCUT2D eigenvalue weighted by Gasteiger charge is 2.19. The highest BCUT2D eigenvalue weighted by molar-refractivity contribution is 7.92. The molecule has 0 aliphatic carbocycles. The largest absolute Gasteiger partial charge is 0.445 e. The zero-order valence-corrected chi connectivity index (χ0v) is 9.46. The van der Waals surface area contributed by atoms with E-state index in [1.54, 1.807) is 0 Å². The van der Waals surface area contributed by atoms with Gasteiger partial charge in [-0.1, -0.05) is 11.3 Å². The lowest BCUT2D eigenvalue weighted by Gasteiger charge is -2.00. The lowest BCUT2D eigenvalue weighted by atomic mass is 10.5. The number of rotatable bonds is 4. The number of aromatic nitrogens is 2. The lowest BCUT2D eigenvalue weighted by molar-refractivity contribution is 0.236. The fraction of sp³-hybridized carbons (Fsp3) is 0.143.